The van der Waals surface area contributed by atoms with Crippen LogP contribution in [0.4, 0.5) is 4.39 Å². The fourth-order valence-electron chi connectivity index (χ4n) is 1.38. The van der Waals surface area contributed by atoms with Gasteiger partial charge in [0, 0.05) is 13.2 Å². The smallest absolute Gasteiger partial charge is 0.340 e. The molecule has 0 unspecified atom stereocenters. The molecule has 0 amide bonds. The van der Waals surface area contributed by atoms with Crippen molar-refractivity contribution in [3.05, 3.63) is 35.1 Å². The van der Waals surface area contributed by atoms with Crippen LogP contribution in [0.25, 0.3) is 0 Å². The molecule has 1 aromatic rings. The van der Waals surface area contributed by atoms with Gasteiger partial charge in [-0.05, 0) is 30.7 Å². The molecule has 17 heavy (non-hydrogen) atoms. The van der Waals surface area contributed by atoms with Crippen molar-refractivity contribution in [3.63, 3.8) is 0 Å². The number of benzene rings is 1. The molecule has 0 spiro atoms. The van der Waals surface area contributed by atoms with E-state index in [2.05, 4.69) is 10.1 Å². The van der Waals surface area contributed by atoms with Crippen LogP contribution in [0.15, 0.2) is 18.2 Å². The van der Waals surface area contributed by atoms with Crippen LogP contribution in [0.5, 0.6) is 0 Å². The largest absolute Gasteiger partial charge is 0.465 e. The summed E-state index contributed by atoms with van der Waals surface area (Å²) in [7, 11) is 1.21. The van der Waals surface area contributed by atoms with Crippen molar-refractivity contribution in [1.82, 2.24) is 5.32 Å². The summed E-state index contributed by atoms with van der Waals surface area (Å²) in [5.74, 6) is -1.26. The zero-order valence-corrected chi connectivity index (χ0v) is 9.70. The van der Waals surface area contributed by atoms with Gasteiger partial charge in [0.15, 0.2) is 0 Å². The maximum Gasteiger partial charge on any atom is 0.340 e. The number of methoxy groups -OCH3 is 1. The lowest BCUT2D eigenvalue weighted by Crippen LogP contribution is -2.16. The molecule has 5 heteroatoms. The summed E-state index contributed by atoms with van der Waals surface area (Å²) in [6.07, 6.45) is 0.655. The molecule has 94 valence electrons. The van der Waals surface area contributed by atoms with Gasteiger partial charge in [-0.3, -0.25) is 0 Å². The average Bonchev–Trinajstić information content (AvgIpc) is 2.34. The van der Waals surface area contributed by atoms with Crippen LogP contribution in [0.2, 0.25) is 0 Å². The molecule has 0 heterocycles. The van der Waals surface area contributed by atoms with Crippen molar-refractivity contribution >= 4 is 5.97 Å². The molecular weight excluding hydrogens is 225 g/mol. The minimum atomic E-state index is -0.678. The van der Waals surface area contributed by atoms with E-state index in [1.807, 2.05) is 0 Å². The van der Waals surface area contributed by atoms with Crippen molar-refractivity contribution < 1.29 is 19.0 Å². The molecule has 1 aromatic carbocycles. The minimum absolute atomic E-state index is 0.0633. The molecule has 0 aliphatic rings. The van der Waals surface area contributed by atoms with E-state index < -0.39 is 11.8 Å². The van der Waals surface area contributed by atoms with Crippen molar-refractivity contribution in [2.45, 2.75) is 13.0 Å². The maximum absolute atomic E-state index is 13.5. The van der Waals surface area contributed by atoms with Crippen molar-refractivity contribution in [2.24, 2.45) is 0 Å². The van der Waals surface area contributed by atoms with E-state index >= 15 is 0 Å². The Morgan fingerprint density at radius 3 is 2.88 bits per heavy atom. The number of carbonyl (C=O) groups is 1. The highest BCUT2D eigenvalue weighted by Crippen LogP contribution is 2.11. The Balaban J connectivity index is 2.59. The van der Waals surface area contributed by atoms with E-state index in [1.165, 1.54) is 19.2 Å². The lowest BCUT2D eigenvalue weighted by atomic mass is 10.1. The summed E-state index contributed by atoms with van der Waals surface area (Å²) in [5, 5.41) is 11.6. The number of nitrogens with one attached hydrogen (secondary N) is 1. The molecule has 0 fully saturated rings. The predicted molar refractivity (Wildman–Crippen MR) is 61.1 cm³/mol. The topological polar surface area (TPSA) is 58.6 Å². The van der Waals surface area contributed by atoms with Crippen LogP contribution in [0.3, 0.4) is 0 Å². The molecule has 0 aliphatic heterocycles. The van der Waals surface area contributed by atoms with Gasteiger partial charge in [0.1, 0.15) is 5.82 Å². The molecule has 0 saturated heterocycles. The van der Waals surface area contributed by atoms with Crippen LogP contribution in [-0.2, 0) is 11.3 Å². The zero-order valence-electron chi connectivity index (χ0n) is 9.70. The second-order valence-electron chi connectivity index (χ2n) is 3.56. The van der Waals surface area contributed by atoms with Crippen molar-refractivity contribution in [1.29, 1.82) is 0 Å². The van der Waals surface area contributed by atoms with E-state index in [-0.39, 0.29) is 12.2 Å². The summed E-state index contributed by atoms with van der Waals surface area (Å²) in [4.78, 5) is 11.1. The Morgan fingerprint density at radius 1 is 1.53 bits per heavy atom. The summed E-state index contributed by atoms with van der Waals surface area (Å²) in [6.45, 7) is 1.29. The van der Waals surface area contributed by atoms with Crippen LogP contribution in [-0.4, -0.2) is 31.3 Å². The molecule has 1 rings (SSSR count). The third-order valence-electron chi connectivity index (χ3n) is 2.28. The third kappa shape index (κ3) is 4.13. The number of esters is 1. The van der Waals surface area contributed by atoms with Gasteiger partial charge in [-0.1, -0.05) is 6.07 Å². The molecule has 2 N–H and O–H groups in total. The summed E-state index contributed by atoms with van der Waals surface area (Å²) in [6, 6.07) is 4.38. The van der Waals surface area contributed by atoms with E-state index in [0.29, 0.717) is 19.5 Å². The van der Waals surface area contributed by atoms with Gasteiger partial charge >= 0.3 is 5.97 Å². The fourth-order valence-corrected chi connectivity index (χ4v) is 1.38. The first-order valence-corrected chi connectivity index (χ1v) is 5.37. The van der Waals surface area contributed by atoms with Gasteiger partial charge < -0.3 is 15.2 Å². The first-order valence-electron chi connectivity index (χ1n) is 5.37. The highest BCUT2D eigenvalue weighted by atomic mass is 19.1. The molecule has 0 saturated carbocycles. The molecule has 0 aliphatic carbocycles. The minimum Gasteiger partial charge on any atom is -0.465 e. The van der Waals surface area contributed by atoms with Crippen molar-refractivity contribution in [2.75, 3.05) is 20.3 Å². The standard InChI is InChI=1S/C12H16FNO3/c1-17-12(16)10-4-3-9(7-11(10)13)8-14-5-2-6-15/h3-4,7,14-15H,2,5-6,8H2,1H3. The fraction of sp³-hybridized carbons (Fsp3) is 0.417. The highest BCUT2D eigenvalue weighted by Gasteiger charge is 2.11. The summed E-state index contributed by atoms with van der Waals surface area (Å²) < 4.78 is 17.9. The quantitative estimate of drug-likeness (QED) is 0.578. The maximum atomic E-state index is 13.5. The number of aliphatic hydroxyl groups excluding tert-OH is 1. The van der Waals surface area contributed by atoms with E-state index in [1.54, 1.807) is 6.07 Å². The second-order valence-corrected chi connectivity index (χ2v) is 3.56. The second kappa shape index (κ2) is 6.98. The first kappa shape index (κ1) is 13.6. The Bertz CT molecular complexity index is 382. The molecule has 0 aromatic heterocycles. The molecule has 0 bridgehead atoms. The predicted octanol–water partition coefficient (Wildman–Crippen LogP) is 1.08. The van der Waals surface area contributed by atoms with Crippen LogP contribution < -0.4 is 5.32 Å². The van der Waals surface area contributed by atoms with Crippen LogP contribution in [0, 0.1) is 5.82 Å². The number of hydrogen-bond donors (Lipinski definition) is 2. The monoisotopic (exact) mass is 241 g/mol. The molecule has 4 nitrogen and oxygen atoms in total. The number of halogens is 1. The Labute approximate surface area is 99.4 Å². The van der Waals surface area contributed by atoms with Gasteiger partial charge in [0.05, 0.1) is 12.7 Å². The number of hydrogen-bond acceptors (Lipinski definition) is 4. The van der Waals surface area contributed by atoms with E-state index in [9.17, 15) is 9.18 Å². The van der Waals surface area contributed by atoms with Gasteiger partial charge in [0.25, 0.3) is 0 Å². The Morgan fingerprint density at radius 2 is 2.29 bits per heavy atom. The summed E-state index contributed by atoms with van der Waals surface area (Å²) in [5.41, 5.74) is 0.680. The number of carbonyl (C=O) groups excluding carboxylic acids is 1. The molecule has 0 atom stereocenters. The normalized spacial score (nSPS) is 10.3. The SMILES string of the molecule is COC(=O)c1ccc(CNCCCO)cc1F. The van der Waals surface area contributed by atoms with Gasteiger partial charge in [-0.2, -0.15) is 0 Å². The van der Waals surface area contributed by atoms with Crippen LogP contribution in [0.1, 0.15) is 22.3 Å². The number of rotatable bonds is 6. The highest BCUT2D eigenvalue weighted by molar-refractivity contribution is 5.89. The third-order valence-corrected chi connectivity index (χ3v) is 2.28. The van der Waals surface area contributed by atoms with Crippen LogP contribution >= 0.6 is 0 Å². The van der Waals surface area contributed by atoms with Gasteiger partial charge in [-0.25, -0.2) is 9.18 Å². The Hall–Kier alpha value is -1.46. The Kier molecular flexibility index (Phi) is 5.59. The molecule has 0 radical (unpaired) electrons. The van der Waals surface area contributed by atoms with Crippen molar-refractivity contribution in [3.8, 4) is 0 Å². The average molecular weight is 241 g/mol. The number of ether oxygens (including phenoxy) is 1. The molecular formula is C12H16FNO3. The summed E-state index contributed by atoms with van der Waals surface area (Å²) >= 11 is 0. The van der Waals surface area contributed by atoms with E-state index in [4.69, 9.17) is 5.11 Å². The van der Waals surface area contributed by atoms with E-state index in [0.717, 1.165) is 5.56 Å². The van der Waals surface area contributed by atoms with Gasteiger partial charge in [-0.15, -0.1) is 0 Å². The number of aliphatic hydroxyl groups is 1. The lowest BCUT2D eigenvalue weighted by Gasteiger charge is -2.06. The lowest BCUT2D eigenvalue weighted by molar-refractivity contribution is 0.0595. The van der Waals surface area contributed by atoms with Gasteiger partial charge in [0.2, 0.25) is 0 Å². The first-order chi connectivity index (χ1) is 8.19. The zero-order chi connectivity index (χ0) is 12.7.